The Morgan fingerprint density at radius 1 is 1.29 bits per heavy atom. The molecule has 0 bridgehead atoms. The molecule has 0 fully saturated rings. The lowest BCUT2D eigenvalue weighted by Gasteiger charge is -2.16. The minimum atomic E-state index is 0.127. The maximum absolute atomic E-state index is 4.54. The zero-order valence-corrected chi connectivity index (χ0v) is 12.8. The standard InChI is InChI=1S/C15H17N5S/c1-11-18-12(10-21-11)8-14(16-2)15-9-17-19-20(15)13-6-4-3-5-7-13/h3-7,9-10,14,16H,8H2,1-2H3. The zero-order chi connectivity index (χ0) is 14.7. The van der Waals surface area contributed by atoms with Gasteiger partial charge >= 0.3 is 0 Å². The summed E-state index contributed by atoms with van der Waals surface area (Å²) in [5.41, 5.74) is 3.15. The van der Waals surface area contributed by atoms with Crippen LogP contribution in [0, 0.1) is 6.92 Å². The van der Waals surface area contributed by atoms with Gasteiger partial charge in [0, 0.05) is 11.8 Å². The van der Waals surface area contributed by atoms with Gasteiger partial charge in [-0.3, -0.25) is 0 Å². The van der Waals surface area contributed by atoms with Gasteiger partial charge in [-0.25, -0.2) is 9.67 Å². The predicted molar refractivity (Wildman–Crippen MR) is 83.7 cm³/mol. The minimum Gasteiger partial charge on any atom is -0.311 e. The molecule has 0 spiro atoms. The van der Waals surface area contributed by atoms with Gasteiger partial charge in [-0.2, -0.15) is 0 Å². The average molecular weight is 299 g/mol. The lowest BCUT2D eigenvalue weighted by molar-refractivity contribution is 0.549. The Morgan fingerprint density at radius 2 is 2.10 bits per heavy atom. The van der Waals surface area contributed by atoms with Crippen molar-refractivity contribution in [3.05, 3.63) is 58.3 Å². The van der Waals surface area contributed by atoms with Gasteiger partial charge in [-0.15, -0.1) is 16.4 Å². The number of nitrogens with zero attached hydrogens (tertiary/aromatic N) is 4. The number of thiazole rings is 1. The monoisotopic (exact) mass is 299 g/mol. The van der Waals surface area contributed by atoms with E-state index in [0.717, 1.165) is 28.5 Å². The molecule has 0 radical (unpaired) electrons. The molecular formula is C15H17N5S. The van der Waals surface area contributed by atoms with Crippen LogP contribution in [0.4, 0.5) is 0 Å². The first kappa shape index (κ1) is 13.9. The van der Waals surface area contributed by atoms with E-state index in [1.807, 2.05) is 55.2 Å². The molecule has 1 atom stereocenters. The number of aryl methyl sites for hydroxylation is 1. The number of nitrogens with one attached hydrogen (secondary N) is 1. The van der Waals surface area contributed by atoms with Crippen LogP contribution in [0.25, 0.3) is 5.69 Å². The van der Waals surface area contributed by atoms with Gasteiger partial charge in [0.05, 0.1) is 34.3 Å². The largest absolute Gasteiger partial charge is 0.311 e. The van der Waals surface area contributed by atoms with E-state index < -0.39 is 0 Å². The summed E-state index contributed by atoms with van der Waals surface area (Å²) in [4.78, 5) is 4.54. The number of rotatable bonds is 5. The number of para-hydroxylation sites is 1. The number of aromatic nitrogens is 4. The molecule has 5 nitrogen and oxygen atoms in total. The van der Waals surface area contributed by atoms with Gasteiger partial charge < -0.3 is 5.32 Å². The van der Waals surface area contributed by atoms with E-state index in [9.17, 15) is 0 Å². The summed E-state index contributed by atoms with van der Waals surface area (Å²) in [6.45, 7) is 2.03. The molecule has 1 aromatic carbocycles. The summed E-state index contributed by atoms with van der Waals surface area (Å²) in [7, 11) is 1.95. The molecule has 0 aliphatic heterocycles. The number of hydrogen-bond acceptors (Lipinski definition) is 5. The normalized spacial score (nSPS) is 12.5. The molecular weight excluding hydrogens is 282 g/mol. The molecule has 6 heteroatoms. The second kappa shape index (κ2) is 6.15. The predicted octanol–water partition coefficient (Wildman–Crippen LogP) is 2.54. The number of benzene rings is 1. The molecule has 108 valence electrons. The molecule has 3 aromatic rings. The van der Waals surface area contributed by atoms with Crippen molar-refractivity contribution in [3.8, 4) is 5.69 Å². The molecule has 0 amide bonds. The average Bonchev–Trinajstić information content (AvgIpc) is 3.14. The highest BCUT2D eigenvalue weighted by Gasteiger charge is 2.18. The lowest BCUT2D eigenvalue weighted by atomic mass is 10.1. The van der Waals surface area contributed by atoms with Gasteiger partial charge in [0.15, 0.2) is 0 Å². The second-order valence-corrected chi connectivity index (χ2v) is 5.87. The van der Waals surface area contributed by atoms with Crippen LogP contribution in [0.1, 0.15) is 22.4 Å². The molecule has 2 aromatic heterocycles. The SMILES string of the molecule is CNC(Cc1csc(C)n1)c1cnnn1-c1ccccc1. The zero-order valence-electron chi connectivity index (χ0n) is 12.0. The molecule has 2 heterocycles. The highest BCUT2D eigenvalue weighted by atomic mass is 32.1. The molecule has 1 N–H and O–H groups in total. The van der Waals surface area contributed by atoms with E-state index in [-0.39, 0.29) is 6.04 Å². The molecule has 0 aliphatic carbocycles. The van der Waals surface area contributed by atoms with Crippen LogP contribution in [0.15, 0.2) is 41.9 Å². The van der Waals surface area contributed by atoms with Crippen molar-refractivity contribution in [1.29, 1.82) is 0 Å². The summed E-state index contributed by atoms with van der Waals surface area (Å²) in [6, 6.07) is 10.2. The first-order valence-electron chi connectivity index (χ1n) is 6.82. The van der Waals surface area contributed by atoms with E-state index in [1.54, 1.807) is 11.3 Å². The van der Waals surface area contributed by atoms with E-state index in [2.05, 4.69) is 26.0 Å². The fraction of sp³-hybridized carbons (Fsp3) is 0.267. The smallest absolute Gasteiger partial charge is 0.0897 e. The maximum atomic E-state index is 4.54. The summed E-state index contributed by atoms with van der Waals surface area (Å²) < 4.78 is 1.88. The van der Waals surface area contributed by atoms with Crippen LogP contribution < -0.4 is 5.32 Å². The van der Waals surface area contributed by atoms with Crippen molar-refractivity contribution in [3.63, 3.8) is 0 Å². The lowest BCUT2D eigenvalue weighted by Crippen LogP contribution is -2.22. The Morgan fingerprint density at radius 3 is 2.76 bits per heavy atom. The third kappa shape index (κ3) is 3.01. The fourth-order valence-electron chi connectivity index (χ4n) is 2.32. The van der Waals surface area contributed by atoms with Gasteiger partial charge in [0.25, 0.3) is 0 Å². The fourth-order valence-corrected chi connectivity index (χ4v) is 2.94. The first-order chi connectivity index (χ1) is 10.3. The van der Waals surface area contributed by atoms with Crippen LogP contribution in [-0.4, -0.2) is 27.0 Å². The molecule has 21 heavy (non-hydrogen) atoms. The summed E-state index contributed by atoms with van der Waals surface area (Å²) in [5.74, 6) is 0. The van der Waals surface area contributed by atoms with Gasteiger partial charge in [0.1, 0.15) is 0 Å². The van der Waals surface area contributed by atoms with Gasteiger partial charge in [-0.1, -0.05) is 23.4 Å². The van der Waals surface area contributed by atoms with Crippen molar-refractivity contribution in [2.75, 3.05) is 7.05 Å². The molecule has 1 unspecified atom stereocenters. The third-order valence-electron chi connectivity index (χ3n) is 3.36. The molecule has 0 aliphatic rings. The van der Waals surface area contributed by atoms with Gasteiger partial charge in [0.2, 0.25) is 0 Å². The Balaban J connectivity index is 1.90. The van der Waals surface area contributed by atoms with Crippen LogP contribution in [-0.2, 0) is 6.42 Å². The van der Waals surface area contributed by atoms with Crippen molar-refractivity contribution >= 4 is 11.3 Å². The van der Waals surface area contributed by atoms with E-state index >= 15 is 0 Å². The minimum absolute atomic E-state index is 0.127. The van der Waals surface area contributed by atoms with Crippen LogP contribution >= 0.6 is 11.3 Å². The Hall–Kier alpha value is -2.05. The quantitative estimate of drug-likeness (QED) is 0.786. The Labute approximate surface area is 127 Å². The van der Waals surface area contributed by atoms with Crippen molar-refractivity contribution in [2.24, 2.45) is 0 Å². The maximum Gasteiger partial charge on any atom is 0.0897 e. The molecule has 0 saturated heterocycles. The van der Waals surface area contributed by atoms with E-state index in [0.29, 0.717) is 0 Å². The van der Waals surface area contributed by atoms with E-state index in [4.69, 9.17) is 0 Å². The Bertz CT molecular complexity index is 704. The van der Waals surface area contributed by atoms with Crippen molar-refractivity contribution < 1.29 is 0 Å². The van der Waals surface area contributed by atoms with Crippen LogP contribution in [0.5, 0.6) is 0 Å². The number of likely N-dealkylation sites (N-methyl/N-ethyl adjacent to an activating group) is 1. The van der Waals surface area contributed by atoms with Crippen molar-refractivity contribution in [1.82, 2.24) is 25.3 Å². The highest BCUT2D eigenvalue weighted by molar-refractivity contribution is 7.09. The summed E-state index contributed by atoms with van der Waals surface area (Å²) in [6.07, 6.45) is 2.63. The van der Waals surface area contributed by atoms with Crippen LogP contribution in [0.2, 0.25) is 0 Å². The van der Waals surface area contributed by atoms with Crippen LogP contribution in [0.3, 0.4) is 0 Å². The van der Waals surface area contributed by atoms with E-state index in [1.165, 1.54) is 0 Å². The highest BCUT2D eigenvalue weighted by Crippen LogP contribution is 2.21. The molecule has 0 saturated carbocycles. The molecule has 3 rings (SSSR count). The summed E-state index contributed by atoms with van der Waals surface area (Å²) >= 11 is 1.68. The first-order valence-corrected chi connectivity index (χ1v) is 7.70. The third-order valence-corrected chi connectivity index (χ3v) is 4.18. The van der Waals surface area contributed by atoms with Gasteiger partial charge in [-0.05, 0) is 26.1 Å². The summed E-state index contributed by atoms with van der Waals surface area (Å²) in [5, 5.41) is 14.8. The number of hydrogen-bond donors (Lipinski definition) is 1. The second-order valence-electron chi connectivity index (χ2n) is 4.81. The van der Waals surface area contributed by atoms with Crippen molar-refractivity contribution in [2.45, 2.75) is 19.4 Å². The topological polar surface area (TPSA) is 55.6 Å². The Kier molecular flexibility index (Phi) is 4.08.